The number of nitrogens with zero attached hydrogens (tertiary/aromatic N) is 2. The van der Waals surface area contributed by atoms with Crippen LogP contribution in [0.5, 0.6) is 0 Å². The third-order valence-electron chi connectivity index (χ3n) is 4.12. The van der Waals surface area contributed by atoms with Crippen LogP contribution in [0.1, 0.15) is 38.6 Å². The Morgan fingerprint density at radius 1 is 1.35 bits per heavy atom. The van der Waals surface area contributed by atoms with Crippen molar-refractivity contribution in [3.05, 3.63) is 18.5 Å². The highest BCUT2D eigenvalue weighted by molar-refractivity contribution is 5.85. The van der Waals surface area contributed by atoms with Crippen LogP contribution in [0, 0.1) is 0 Å². The summed E-state index contributed by atoms with van der Waals surface area (Å²) >= 11 is 0. The highest BCUT2D eigenvalue weighted by Crippen LogP contribution is 2.26. The number of aromatic nitrogens is 2. The summed E-state index contributed by atoms with van der Waals surface area (Å²) in [5.41, 5.74) is 0. The molecule has 5 nitrogen and oxygen atoms in total. The van der Waals surface area contributed by atoms with Crippen LogP contribution in [0.2, 0.25) is 0 Å². The summed E-state index contributed by atoms with van der Waals surface area (Å²) in [4.78, 5) is 12.2. The van der Waals surface area contributed by atoms with E-state index < -0.39 is 0 Å². The Morgan fingerprint density at radius 3 is 2.55 bits per heavy atom. The Hall–Kier alpha value is -0.780. The predicted octanol–water partition coefficient (Wildman–Crippen LogP) is 1.69. The summed E-state index contributed by atoms with van der Waals surface area (Å²) in [6.45, 7) is 1.89. The van der Waals surface area contributed by atoms with E-state index >= 15 is 0 Å². The van der Waals surface area contributed by atoms with Gasteiger partial charge in [-0.05, 0) is 38.7 Å². The standard InChI is InChI=1S/C13H20N4O.2ClH/c1-9(17-6-2-5-14-17)13(18)16-12-7-10-3-4-11(8-12)15-10;;/h2,5-6,9-12,15H,3-4,7-8H2,1H3,(H,16,18);2*1H. The first kappa shape index (κ1) is 17.3. The van der Waals surface area contributed by atoms with Crippen molar-refractivity contribution < 1.29 is 4.79 Å². The van der Waals surface area contributed by atoms with Gasteiger partial charge in [-0.3, -0.25) is 9.48 Å². The molecular formula is C13H22Cl2N4O. The van der Waals surface area contributed by atoms with Gasteiger partial charge >= 0.3 is 0 Å². The molecule has 20 heavy (non-hydrogen) atoms. The molecule has 0 radical (unpaired) electrons. The Bertz CT molecular complexity index is 414. The number of halogens is 2. The minimum Gasteiger partial charge on any atom is -0.351 e. The fourth-order valence-corrected chi connectivity index (χ4v) is 3.13. The molecule has 2 fully saturated rings. The van der Waals surface area contributed by atoms with Gasteiger partial charge in [-0.15, -0.1) is 24.8 Å². The van der Waals surface area contributed by atoms with E-state index in [1.165, 1.54) is 12.8 Å². The van der Waals surface area contributed by atoms with Crippen LogP contribution in [0.3, 0.4) is 0 Å². The maximum absolute atomic E-state index is 12.2. The zero-order chi connectivity index (χ0) is 12.5. The predicted molar refractivity (Wildman–Crippen MR) is 82.5 cm³/mol. The maximum atomic E-state index is 12.2. The van der Waals surface area contributed by atoms with Crippen molar-refractivity contribution in [2.75, 3.05) is 0 Å². The molecule has 1 amide bonds. The molecule has 3 heterocycles. The largest absolute Gasteiger partial charge is 0.351 e. The van der Waals surface area contributed by atoms with Crippen molar-refractivity contribution in [2.45, 2.75) is 56.8 Å². The first-order valence-electron chi connectivity index (χ1n) is 6.78. The molecule has 3 atom stereocenters. The Balaban J connectivity index is 0.000001000. The lowest BCUT2D eigenvalue weighted by Crippen LogP contribution is -2.49. The van der Waals surface area contributed by atoms with E-state index in [0.717, 1.165) is 12.8 Å². The quantitative estimate of drug-likeness (QED) is 0.891. The molecule has 3 rings (SSSR count). The molecule has 0 saturated carbocycles. The first-order valence-corrected chi connectivity index (χ1v) is 6.78. The summed E-state index contributed by atoms with van der Waals surface area (Å²) in [5, 5.41) is 10.9. The van der Waals surface area contributed by atoms with E-state index in [1.54, 1.807) is 10.9 Å². The molecule has 2 saturated heterocycles. The van der Waals surface area contributed by atoms with Crippen LogP contribution >= 0.6 is 24.8 Å². The smallest absolute Gasteiger partial charge is 0.244 e. The zero-order valence-electron chi connectivity index (χ0n) is 11.5. The molecule has 2 N–H and O–H groups in total. The number of carbonyl (C=O) groups is 1. The monoisotopic (exact) mass is 320 g/mol. The average molecular weight is 321 g/mol. The van der Waals surface area contributed by atoms with Crippen molar-refractivity contribution in [1.29, 1.82) is 0 Å². The number of carbonyl (C=O) groups excluding carboxylic acids is 1. The summed E-state index contributed by atoms with van der Waals surface area (Å²) in [7, 11) is 0. The van der Waals surface area contributed by atoms with Gasteiger partial charge in [-0.25, -0.2) is 0 Å². The van der Waals surface area contributed by atoms with Crippen LogP contribution in [0.25, 0.3) is 0 Å². The number of hydrogen-bond donors (Lipinski definition) is 2. The molecule has 2 aliphatic rings. The second-order valence-electron chi connectivity index (χ2n) is 5.48. The summed E-state index contributed by atoms with van der Waals surface area (Å²) < 4.78 is 1.70. The highest BCUT2D eigenvalue weighted by atomic mass is 35.5. The van der Waals surface area contributed by atoms with Gasteiger partial charge < -0.3 is 10.6 Å². The molecule has 0 aliphatic carbocycles. The number of hydrogen-bond acceptors (Lipinski definition) is 3. The van der Waals surface area contributed by atoms with Gasteiger partial charge in [-0.1, -0.05) is 0 Å². The second kappa shape index (κ2) is 7.29. The van der Waals surface area contributed by atoms with Crippen molar-refractivity contribution >= 4 is 30.7 Å². The molecule has 114 valence electrons. The van der Waals surface area contributed by atoms with Gasteiger partial charge in [0.25, 0.3) is 0 Å². The molecule has 2 bridgehead atoms. The van der Waals surface area contributed by atoms with Gasteiger partial charge in [0.2, 0.25) is 5.91 Å². The zero-order valence-corrected chi connectivity index (χ0v) is 13.1. The lowest BCUT2D eigenvalue weighted by Gasteiger charge is -2.30. The molecule has 7 heteroatoms. The maximum Gasteiger partial charge on any atom is 0.244 e. The highest BCUT2D eigenvalue weighted by Gasteiger charge is 2.34. The van der Waals surface area contributed by atoms with Crippen LogP contribution in [0.4, 0.5) is 0 Å². The Labute approximate surface area is 131 Å². The number of piperidine rings is 1. The van der Waals surface area contributed by atoms with E-state index in [4.69, 9.17) is 0 Å². The minimum absolute atomic E-state index is 0. The van der Waals surface area contributed by atoms with E-state index in [9.17, 15) is 4.79 Å². The van der Waals surface area contributed by atoms with Gasteiger partial charge in [0.05, 0.1) is 0 Å². The fraction of sp³-hybridized carbons (Fsp3) is 0.692. The number of fused-ring (bicyclic) bond motifs is 2. The summed E-state index contributed by atoms with van der Waals surface area (Å²) in [6.07, 6.45) is 8.17. The second-order valence-corrected chi connectivity index (χ2v) is 5.48. The van der Waals surface area contributed by atoms with Crippen molar-refractivity contribution in [3.8, 4) is 0 Å². The number of nitrogens with one attached hydrogen (secondary N) is 2. The SMILES string of the molecule is CC(C(=O)NC1CC2CCC(C1)N2)n1cccn1.Cl.Cl. The third kappa shape index (κ3) is 3.65. The van der Waals surface area contributed by atoms with Gasteiger partial charge in [0, 0.05) is 30.5 Å². The van der Waals surface area contributed by atoms with Crippen LogP contribution in [-0.4, -0.2) is 33.8 Å². The van der Waals surface area contributed by atoms with Gasteiger partial charge in [-0.2, -0.15) is 5.10 Å². The Kier molecular flexibility index (Phi) is 6.30. The molecule has 2 aliphatic heterocycles. The number of amides is 1. The molecule has 3 unspecified atom stereocenters. The van der Waals surface area contributed by atoms with Crippen molar-refractivity contribution in [2.24, 2.45) is 0 Å². The fourth-order valence-electron chi connectivity index (χ4n) is 3.13. The van der Waals surface area contributed by atoms with Crippen LogP contribution < -0.4 is 10.6 Å². The molecular weight excluding hydrogens is 299 g/mol. The minimum atomic E-state index is -0.229. The van der Waals surface area contributed by atoms with Crippen LogP contribution in [0.15, 0.2) is 18.5 Å². The average Bonchev–Trinajstić information content (AvgIpc) is 2.98. The van der Waals surface area contributed by atoms with E-state index in [0.29, 0.717) is 18.1 Å². The normalized spacial score (nSPS) is 28.9. The topological polar surface area (TPSA) is 59.0 Å². The summed E-state index contributed by atoms with van der Waals surface area (Å²) in [6, 6.07) is 3.15. The molecule has 1 aromatic heterocycles. The summed E-state index contributed by atoms with van der Waals surface area (Å²) in [5.74, 6) is 0.0741. The van der Waals surface area contributed by atoms with Crippen molar-refractivity contribution in [3.63, 3.8) is 0 Å². The molecule has 0 aromatic carbocycles. The number of rotatable bonds is 3. The van der Waals surface area contributed by atoms with E-state index in [2.05, 4.69) is 15.7 Å². The van der Waals surface area contributed by atoms with Gasteiger partial charge in [0.15, 0.2) is 0 Å². The van der Waals surface area contributed by atoms with Gasteiger partial charge in [0.1, 0.15) is 6.04 Å². The molecule has 1 aromatic rings. The third-order valence-corrected chi connectivity index (χ3v) is 4.12. The van der Waals surface area contributed by atoms with E-state index in [1.807, 2.05) is 19.2 Å². The van der Waals surface area contributed by atoms with Crippen molar-refractivity contribution in [1.82, 2.24) is 20.4 Å². The van der Waals surface area contributed by atoms with E-state index in [-0.39, 0.29) is 36.8 Å². The van der Waals surface area contributed by atoms with Crippen LogP contribution in [-0.2, 0) is 4.79 Å². The Morgan fingerprint density at radius 2 is 2.00 bits per heavy atom. The first-order chi connectivity index (χ1) is 8.72. The lowest BCUT2D eigenvalue weighted by atomic mass is 9.99. The lowest BCUT2D eigenvalue weighted by molar-refractivity contribution is -0.125. The molecule has 0 spiro atoms.